The van der Waals surface area contributed by atoms with Gasteiger partial charge in [0.1, 0.15) is 11.4 Å². The lowest BCUT2D eigenvalue weighted by atomic mass is 10.1. The van der Waals surface area contributed by atoms with Crippen LogP contribution in [-0.2, 0) is 9.57 Å². The van der Waals surface area contributed by atoms with Gasteiger partial charge in [-0.3, -0.25) is 4.84 Å². The van der Waals surface area contributed by atoms with E-state index < -0.39 is 23.6 Å². The number of halogens is 1. The number of hydrogen-bond acceptors (Lipinski definition) is 4. The summed E-state index contributed by atoms with van der Waals surface area (Å²) in [7, 11) is 0. The van der Waals surface area contributed by atoms with Crippen LogP contribution in [0.1, 0.15) is 38.9 Å². The number of aliphatic hydroxyl groups is 1. The van der Waals surface area contributed by atoms with Crippen molar-refractivity contribution in [3.8, 4) is 0 Å². The molecule has 1 aromatic rings. The van der Waals surface area contributed by atoms with E-state index in [-0.39, 0.29) is 13.0 Å². The number of carbonyl (C=O) groups is 1. The molecule has 0 saturated carbocycles. The van der Waals surface area contributed by atoms with E-state index in [0.717, 1.165) is 0 Å². The molecule has 5 nitrogen and oxygen atoms in total. The maximum Gasteiger partial charge on any atom is 0.431 e. The number of amides is 1. The lowest BCUT2D eigenvalue weighted by Crippen LogP contribution is -2.32. The zero-order chi connectivity index (χ0) is 15.2. The normalized spacial score (nSPS) is 12.8. The molecule has 0 fully saturated rings. The number of carbonyl (C=O) groups excluding carboxylic acids is 1. The second kappa shape index (κ2) is 7.21. The highest BCUT2D eigenvalue weighted by Gasteiger charge is 2.16. The smallest absolute Gasteiger partial charge is 0.431 e. The van der Waals surface area contributed by atoms with Crippen molar-refractivity contribution in [2.24, 2.45) is 0 Å². The van der Waals surface area contributed by atoms with Crippen LogP contribution in [-0.4, -0.2) is 23.4 Å². The predicted molar refractivity (Wildman–Crippen MR) is 71.3 cm³/mol. The van der Waals surface area contributed by atoms with Crippen LogP contribution >= 0.6 is 0 Å². The second-order valence-corrected chi connectivity index (χ2v) is 5.31. The van der Waals surface area contributed by atoms with E-state index in [0.29, 0.717) is 5.56 Å². The van der Waals surface area contributed by atoms with Gasteiger partial charge in [-0.25, -0.2) is 9.18 Å². The SMILES string of the molecule is CC(C)(C)OC(=O)NOCC[C@H](O)c1cccc(F)c1. The van der Waals surface area contributed by atoms with Crippen molar-refractivity contribution in [2.45, 2.75) is 38.9 Å². The van der Waals surface area contributed by atoms with Crippen molar-refractivity contribution in [3.05, 3.63) is 35.6 Å². The monoisotopic (exact) mass is 285 g/mol. The Kier molecular flexibility index (Phi) is 5.91. The molecular weight excluding hydrogens is 265 g/mol. The number of ether oxygens (including phenoxy) is 1. The highest BCUT2D eigenvalue weighted by Crippen LogP contribution is 2.17. The van der Waals surface area contributed by atoms with Crippen LogP contribution in [0.15, 0.2) is 24.3 Å². The Morgan fingerprint density at radius 2 is 2.15 bits per heavy atom. The summed E-state index contributed by atoms with van der Waals surface area (Å²) in [6.07, 6.45) is -1.33. The number of rotatable bonds is 5. The summed E-state index contributed by atoms with van der Waals surface area (Å²) >= 11 is 0. The van der Waals surface area contributed by atoms with E-state index in [1.165, 1.54) is 18.2 Å². The van der Waals surface area contributed by atoms with Gasteiger partial charge in [-0.15, -0.1) is 0 Å². The molecular formula is C14H20FNO4. The Morgan fingerprint density at radius 1 is 1.45 bits per heavy atom. The van der Waals surface area contributed by atoms with E-state index >= 15 is 0 Å². The Hall–Kier alpha value is -1.66. The summed E-state index contributed by atoms with van der Waals surface area (Å²) in [5, 5.41) is 9.81. The summed E-state index contributed by atoms with van der Waals surface area (Å²) in [4.78, 5) is 16.1. The Labute approximate surface area is 117 Å². The Bertz CT molecular complexity index is 445. The van der Waals surface area contributed by atoms with Gasteiger partial charge in [-0.1, -0.05) is 12.1 Å². The largest absolute Gasteiger partial charge is 0.442 e. The molecule has 1 amide bonds. The quantitative estimate of drug-likeness (QED) is 0.644. The van der Waals surface area contributed by atoms with Gasteiger partial charge in [0.2, 0.25) is 0 Å². The van der Waals surface area contributed by atoms with Crippen LogP contribution in [0, 0.1) is 5.82 Å². The van der Waals surface area contributed by atoms with E-state index in [9.17, 15) is 14.3 Å². The molecule has 112 valence electrons. The van der Waals surface area contributed by atoms with Gasteiger partial charge >= 0.3 is 6.09 Å². The lowest BCUT2D eigenvalue weighted by Gasteiger charge is -2.19. The third-order valence-corrected chi connectivity index (χ3v) is 2.28. The molecule has 0 radical (unpaired) electrons. The van der Waals surface area contributed by atoms with Crippen molar-refractivity contribution in [3.63, 3.8) is 0 Å². The molecule has 0 aliphatic heterocycles. The van der Waals surface area contributed by atoms with Gasteiger partial charge in [-0.05, 0) is 38.5 Å². The predicted octanol–water partition coefficient (Wildman–Crippen LogP) is 2.71. The van der Waals surface area contributed by atoms with Crippen LogP contribution in [0.2, 0.25) is 0 Å². The van der Waals surface area contributed by atoms with Crippen molar-refractivity contribution in [2.75, 3.05) is 6.61 Å². The summed E-state index contributed by atoms with van der Waals surface area (Å²) in [5.41, 5.74) is 1.97. The second-order valence-electron chi connectivity index (χ2n) is 5.31. The van der Waals surface area contributed by atoms with Gasteiger partial charge in [0.25, 0.3) is 0 Å². The molecule has 1 rings (SSSR count). The molecule has 6 heteroatoms. The molecule has 0 saturated heterocycles. The molecule has 0 heterocycles. The minimum Gasteiger partial charge on any atom is -0.442 e. The van der Waals surface area contributed by atoms with E-state index in [4.69, 9.17) is 9.57 Å². The first-order valence-corrected chi connectivity index (χ1v) is 6.32. The first kappa shape index (κ1) is 16.4. The molecule has 0 aromatic heterocycles. The molecule has 0 unspecified atom stereocenters. The highest BCUT2D eigenvalue weighted by atomic mass is 19.1. The van der Waals surface area contributed by atoms with Crippen LogP contribution < -0.4 is 5.48 Å². The standard InChI is InChI=1S/C14H20FNO4/c1-14(2,3)20-13(18)16-19-8-7-12(17)10-5-4-6-11(15)9-10/h4-6,9,12,17H,7-8H2,1-3H3,(H,16,18)/t12-/m0/s1. The first-order valence-electron chi connectivity index (χ1n) is 6.32. The third-order valence-electron chi connectivity index (χ3n) is 2.28. The minimum atomic E-state index is -0.855. The van der Waals surface area contributed by atoms with Crippen LogP contribution in [0.25, 0.3) is 0 Å². The fourth-order valence-electron chi connectivity index (χ4n) is 1.46. The summed E-state index contributed by atoms with van der Waals surface area (Å²) in [6, 6.07) is 5.70. The zero-order valence-electron chi connectivity index (χ0n) is 11.9. The fraction of sp³-hybridized carbons (Fsp3) is 0.500. The van der Waals surface area contributed by atoms with E-state index in [2.05, 4.69) is 5.48 Å². The fourth-order valence-corrected chi connectivity index (χ4v) is 1.46. The third kappa shape index (κ3) is 6.49. The molecule has 0 bridgehead atoms. The summed E-state index contributed by atoms with van der Waals surface area (Å²) in [6.45, 7) is 5.29. The van der Waals surface area contributed by atoms with Gasteiger partial charge in [0.05, 0.1) is 12.7 Å². The van der Waals surface area contributed by atoms with Gasteiger partial charge < -0.3 is 9.84 Å². The average Bonchev–Trinajstić information content (AvgIpc) is 2.32. The van der Waals surface area contributed by atoms with Gasteiger partial charge in [0.15, 0.2) is 0 Å². The van der Waals surface area contributed by atoms with Crippen molar-refractivity contribution >= 4 is 6.09 Å². The van der Waals surface area contributed by atoms with E-state index in [1.54, 1.807) is 26.8 Å². The van der Waals surface area contributed by atoms with E-state index in [1.807, 2.05) is 0 Å². The number of hydroxylamine groups is 1. The lowest BCUT2D eigenvalue weighted by molar-refractivity contribution is -0.0162. The van der Waals surface area contributed by atoms with Crippen molar-refractivity contribution < 1.29 is 23.9 Å². The molecule has 0 aliphatic carbocycles. The molecule has 1 atom stereocenters. The molecule has 0 aliphatic rings. The van der Waals surface area contributed by atoms with Crippen LogP contribution in [0.5, 0.6) is 0 Å². The van der Waals surface area contributed by atoms with Gasteiger partial charge in [-0.2, -0.15) is 5.48 Å². The topological polar surface area (TPSA) is 67.8 Å². The molecule has 2 N–H and O–H groups in total. The maximum absolute atomic E-state index is 13.0. The summed E-state index contributed by atoms with van der Waals surface area (Å²) in [5.74, 6) is -0.408. The highest BCUT2D eigenvalue weighted by molar-refractivity contribution is 5.66. The number of nitrogens with one attached hydrogen (secondary N) is 1. The first-order chi connectivity index (χ1) is 9.28. The molecule has 0 spiro atoms. The minimum absolute atomic E-state index is 0.0803. The molecule has 1 aromatic carbocycles. The van der Waals surface area contributed by atoms with Crippen molar-refractivity contribution in [1.29, 1.82) is 0 Å². The van der Waals surface area contributed by atoms with Gasteiger partial charge in [0, 0.05) is 6.42 Å². The van der Waals surface area contributed by atoms with Crippen molar-refractivity contribution in [1.82, 2.24) is 5.48 Å². The summed E-state index contributed by atoms with van der Waals surface area (Å²) < 4.78 is 17.9. The Balaban J connectivity index is 2.26. The maximum atomic E-state index is 13.0. The molecule has 20 heavy (non-hydrogen) atoms. The average molecular weight is 285 g/mol. The number of benzene rings is 1. The van der Waals surface area contributed by atoms with Crippen LogP contribution in [0.3, 0.4) is 0 Å². The zero-order valence-corrected chi connectivity index (χ0v) is 11.9. The van der Waals surface area contributed by atoms with Crippen LogP contribution in [0.4, 0.5) is 9.18 Å². The number of aliphatic hydroxyl groups excluding tert-OH is 1. The number of hydrogen-bond donors (Lipinski definition) is 2. The Morgan fingerprint density at radius 3 is 2.75 bits per heavy atom.